The summed E-state index contributed by atoms with van der Waals surface area (Å²) in [7, 11) is 0. The van der Waals surface area contributed by atoms with Crippen LogP contribution in [0.3, 0.4) is 0 Å². The van der Waals surface area contributed by atoms with Crippen molar-refractivity contribution in [3.63, 3.8) is 0 Å². The number of hydrogen-bond acceptors (Lipinski definition) is 4. The molecule has 0 radical (unpaired) electrons. The van der Waals surface area contributed by atoms with Gasteiger partial charge in [0.25, 0.3) is 0 Å². The largest absolute Gasteiger partial charge is 0.456 e. The molecule has 12 aromatic rings. The number of para-hydroxylation sites is 3. The standard InChI is InChI=1S/C57H36N4O/c1-3-16-37(17-4-1)39-20-13-21-40(34-39)41-22-14-23-42(35-41)56-58-55(38-18-5-2-6-19-38)59-57(60-56)43-32-33-48-53(36-43)62-52-31-15-27-47(54(48)52)46-26-9-12-30-51(46)61-49-28-10-7-24-44(49)45-25-8-11-29-50(45)61/h1-36H. The van der Waals surface area contributed by atoms with Crippen molar-refractivity contribution in [2.45, 2.75) is 0 Å². The molecule has 3 aromatic heterocycles. The van der Waals surface area contributed by atoms with E-state index in [-0.39, 0.29) is 0 Å². The Morgan fingerprint density at radius 3 is 1.48 bits per heavy atom. The summed E-state index contributed by atoms with van der Waals surface area (Å²) >= 11 is 0. The summed E-state index contributed by atoms with van der Waals surface area (Å²) in [6, 6.07) is 76.3. The first-order valence-corrected chi connectivity index (χ1v) is 20.8. The Hall–Kier alpha value is -8.41. The van der Waals surface area contributed by atoms with E-state index in [0.717, 1.165) is 66.6 Å². The zero-order valence-electron chi connectivity index (χ0n) is 33.5. The summed E-state index contributed by atoms with van der Waals surface area (Å²) in [5.74, 6) is 1.78. The Bertz CT molecular complexity index is 3590. The van der Waals surface area contributed by atoms with Crippen molar-refractivity contribution < 1.29 is 4.42 Å². The van der Waals surface area contributed by atoms with Gasteiger partial charge in [-0.15, -0.1) is 0 Å². The van der Waals surface area contributed by atoms with Gasteiger partial charge >= 0.3 is 0 Å². The molecule has 0 atom stereocenters. The summed E-state index contributed by atoms with van der Waals surface area (Å²) in [6.07, 6.45) is 0. The van der Waals surface area contributed by atoms with Gasteiger partial charge in [-0.25, -0.2) is 15.0 Å². The van der Waals surface area contributed by atoms with Gasteiger partial charge in [-0.2, -0.15) is 0 Å². The fraction of sp³-hybridized carbons (Fsp3) is 0. The van der Waals surface area contributed by atoms with E-state index in [1.165, 1.54) is 32.9 Å². The average Bonchev–Trinajstić information content (AvgIpc) is 3.90. The molecule has 0 spiro atoms. The molecule has 5 heteroatoms. The van der Waals surface area contributed by atoms with Crippen molar-refractivity contribution in [1.82, 2.24) is 19.5 Å². The van der Waals surface area contributed by atoms with E-state index in [2.05, 4.69) is 187 Å². The maximum absolute atomic E-state index is 6.71. The molecule has 9 aromatic carbocycles. The quantitative estimate of drug-likeness (QED) is 0.161. The van der Waals surface area contributed by atoms with Crippen molar-refractivity contribution in [3.05, 3.63) is 218 Å². The lowest BCUT2D eigenvalue weighted by atomic mass is 9.97. The van der Waals surface area contributed by atoms with Gasteiger partial charge in [-0.1, -0.05) is 170 Å². The highest BCUT2D eigenvalue weighted by molar-refractivity contribution is 6.15. The number of aromatic nitrogens is 4. The normalized spacial score (nSPS) is 11.5. The van der Waals surface area contributed by atoms with Crippen molar-refractivity contribution >= 4 is 43.7 Å². The zero-order chi connectivity index (χ0) is 41.0. The minimum Gasteiger partial charge on any atom is -0.456 e. The van der Waals surface area contributed by atoms with Gasteiger partial charge in [-0.3, -0.25) is 0 Å². The molecule has 0 saturated heterocycles. The van der Waals surface area contributed by atoms with Gasteiger partial charge in [0.2, 0.25) is 0 Å². The number of fused-ring (bicyclic) bond motifs is 6. The maximum Gasteiger partial charge on any atom is 0.164 e. The van der Waals surface area contributed by atoms with Crippen LogP contribution in [0.2, 0.25) is 0 Å². The Labute approximate surface area is 357 Å². The highest BCUT2D eigenvalue weighted by atomic mass is 16.3. The van der Waals surface area contributed by atoms with E-state index in [1.807, 2.05) is 36.4 Å². The fourth-order valence-corrected chi connectivity index (χ4v) is 8.96. The third-order valence-electron chi connectivity index (χ3n) is 11.9. The minimum absolute atomic E-state index is 0.574. The van der Waals surface area contributed by atoms with E-state index in [1.54, 1.807) is 0 Å². The number of rotatable bonds is 7. The molecule has 0 aliphatic rings. The van der Waals surface area contributed by atoms with Gasteiger partial charge in [0.1, 0.15) is 11.2 Å². The smallest absolute Gasteiger partial charge is 0.164 e. The molecular formula is C57H36N4O. The van der Waals surface area contributed by atoms with E-state index < -0.39 is 0 Å². The van der Waals surface area contributed by atoms with Crippen LogP contribution in [0.5, 0.6) is 0 Å². The molecule has 0 unspecified atom stereocenters. The summed E-state index contributed by atoms with van der Waals surface area (Å²) in [5.41, 5.74) is 14.5. The van der Waals surface area contributed by atoms with Crippen molar-refractivity contribution in [2.24, 2.45) is 0 Å². The highest BCUT2D eigenvalue weighted by Gasteiger charge is 2.20. The second-order valence-corrected chi connectivity index (χ2v) is 15.6. The molecule has 0 aliphatic carbocycles. The van der Waals surface area contributed by atoms with E-state index in [9.17, 15) is 0 Å². The number of furan rings is 1. The number of hydrogen-bond donors (Lipinski definition) is 0. The molecule has 3 heterocycles. The Balaban J connectivity index is 0.980. The molecule has 12 rings (SSSR count). The number of nitrogens with zero attached hydrogens (tertiary/aromatic N) is 4. The first kappa shape index (κ1) is 35.5. The van der Waals surface area contributed by atoms with Crippen LogP contribution in [0.4, 0.5) is 0 Å². The molecule has 5 nitrogen and oxygen atoms in total. The molecule has 0 N–H and O–H groups in total. The molecular weight excluding hydrogens is 757 g/mol. The molecule has 0 fully saturated rings. The summed E-state index contributed by atoms with van der Waals surface area (Å²) in [5, 5.41) is 4.56. The summed E-state index contributed by atoms with van der Waals surface area (Å²) < 4.78 is 9.09. The second-order valence-electron chi connectivity index (χ2n) is 15.6. The fourth-order valence-electron chi connectivity index (χ4n) is 8.96. The van der Waals surface area contributed by atoms with Gasteiger partial charge in [0.05, 0.1) is 16.7 Å². The van der Waals surface area contributed by atoms with Gasteiger partial charge in [0.15, 0.2) is 17.5 Å². The van der Waals surface area contributed by atoms with Crippen LogP contribution >= 0.6 is 0 Å². The van der Waals surface area contributed by atoms with E-state index >= 15 is 0 Å². The van der Waals surface area contributed by atoms with Crippen LogP contribution in [-0.4, -0.2) is 19.5 Å². The molecule has 290 valence electrons. The first-order valence-electron chi connectivity index (χ1n) is 20.8. The molecule has 0 saturated carbocycles. The SMILES string of the molecule is c1ccc(-c2cccc(-c3cccc(-c4nc(-c5ccccc5)nc(-c5ccc6c(c5)oc5cccc(-c7ccccc7-n7c8ccccc8c8ccccc87)c56)n4)c3)c2)cc1. The Morgan fingerprint density at radius 2 is 0.790 bits per heavy atom. The van der Waals surface area contributed by atoms with Crippen molar-refractivity contribution in [2.75, 3.05) is 0 Å². The van der Waals surface area contributed by atoms with Gasteiger partial charge < -0.3 is 8.98 Å². The van der Waals surface area contributed by atoms with Crippen LogP contribution in [0.15, 0.2) is 223 Å². The molecule has 62 heavy (non-hydrogen) atoms. The molecule has 0 aliphatic heterocycles. The lowest BCUT2D eigenvalue weighted by Crippen LogP contribution is -2.00. The maximum atomic E-state index is 6.71. The van der Waals surface area contributed by atoms with Crippen molar-refractivity contribution in [3.8, 4) is 73.2 Å². The topological polar surface area (TPSA) is 56.7 Å². The van der Waals surface area contributed by atoms with Crippen LogP contribution in [0, 0.1) is 0 Å². The summed E-state index contributed by atoms with van der Waals surface area (Å²) in [4.78, 5) is 15.3. The highest BCUT2D eigenvalue weighted by Crippen LogP contribution is 2.42. The zero-order valence-corrected chi connectivity index (χ0v) is 33.5. The van der Waals surface area contributed by atoms with Crippen LogP contribution in [-0.2, 0) is 0 Å². The van der Waals surface area contributed by atoms with Gasteiger partial charge in [0, 0.05) is 43.8 Å². The lowest BCUT2D eigenvalue weighted by Gasteiger charge is -2.14. The first-order chi connectivity index (χ1) is 30.7. The van der Waals surface area contributed by atoms with Crippen LogP contribution < -0.4 is 0 Å². The Morgan fingerprint density at radius 1 is 0.306 bits per heavy atom. The van der Waals surface area contributed by atoms with Crippen LogP contribution in [0.25, 0.3) is 117 Å². The van der Waals surface area contributed by atoms with Crippen molar-refractivity contribution in [1.29, 1.82) is 0 Å². The molecule has 0 bridgehead atoms. The van der Waals surface area contributed by atoms with Crippen LogP contribution in [0.1, 0.15) is 0 Å². The van der Waals surface area contributed by atoms with Gasteiger partial charge in [-0.05, 0) is 76.3 Å². The minimum atomic E-state index is 0.574. The average molecular weight is 793 g/mol. The number of benzene rings is 9. The predicted octanol–water partition coefficient (Wildman–Crippen LogP) is 14.9. The third-order valence-corrected chi connectivity index (χ3v) is 11.9. The second kappa shape index (κ2) is 14.7. The molecule has 0 amide bonds. The summed E-state index contributed by atoms with van der Waals surface area (Å²) in [6.45, 7) is 0. The Kier molecular flexibility index (Phi) is 8.42. The predicted molar refractivity (Wildman–Crippen MR) is 254 cm³/mol. The lowest BCUT2D eigenvalue weighted by molar-refractivity contribution is 0.669. The van der Waals surface area contributed by atoms with E-state index in [4.69, 9.17) is 19.4 Å². The van der Waals surface area contributed by atoms with E-state index in [0.29, 0.717) is 17.5 Å². The monoisotopic (exact) mass is 792 g/mol. The third kappa shape index (κ3) is 6.06.